The number of hydrogen-bond acceptors (Lipinski definition) is 3. The molecule has 3 amide bonds. The standard InChI is InChI=1S/C34H28N2O3/c1-3-21-14-16-22(17-15-21)35-33(39)34-26-10-6-4-8-24(26)28(25-9-5-7-11-27(25)34)29-30(34)32(38)36(31(29)37)23-18-12-20(2)13-19-23/h4-19,28-30H,3H2,1-2H3,(H,35,39)/t28?,29-,30+,34?/m0/s1. The number of nitrogens with one attached hydrogen (secondary N) is 1. The third-order valence-electron chi connectivity index (χ3n) is 8.89. The van der Waals surface area contributed by atoms with Crippen LogP contribution in [-0.4, -0.2) is 17.7 Å². The highest BCUT2D eigenvalue weighted by molar-refractivity contribution is 6.26. The first-order chi connectivity index (χ1) is 19.0. The lowest BCUT2D eigenvalue weighted by molar-refractivity contribution is -0.132. The Hall–Kier alpha value is -4.51. The van der Waals surface area contributed by atoms with Crippen molar-refractivity contribution in [2.45, 2.75) is 31.6 Å². The molecule has 4 aromatic rings. The van der Waals surface area contributed by atoms with Crippen LogP contribution in [0.5, 0.6) is 0 Å². The zero-order valence-electron chi connectivity index (χ0n) is 21.8. The fourth-order valence-electron chi connectivity index (χ4n) is 7.16. The Morgan fingerprint density at radius 1 is 0.795 bits per heavy atom. The van der Waals surface area contributed by atoms with Crippen LogP contribution in [0.2, 0.25) is 0 Å². The molecule has 1 heterocycles. The number of benzene rings is 4. The Bertz CT molecular complexity index is 1610. The van der Waals surface area contributed by atoms with Gasteiger partial charge in [0.1, 0.15) is 5.41 Å². The summed E-state index contributed by atoms with van der Waals surface area (Å²) in [5, 5.41) is 3.15. The molecule has 5 heteroatoms. The zero-order chi connectivity index (χ0) is 26.9. The summed E-state index contributed by atoms with van der Waals surface area (Å²) < 4.78 is 0. The number of amides is 3. The number of hydrogen-bond donors (Lipinski definition) is 1. The molecule has 5 nitrogen and oxygen atoms in total. The second-order valence-electron chi connectivity index (χ2n) is 10.8. The van der Waals surface area contributed by atoms with E-state index in [1.807, 2.05) is 104 Å². The van der Waals surface area contributed by atoms with Crippen LogP contribution < -0.4 is 10.2 Å². The first-order valence-corrected chi connectivity index (χ1v) is 13.5. The molecule has 1 aliphatic heterocycles. The van der Waals surface area contributed by atoms with Crippen molar-refractivity contribution in [3.05, 3.63) is 130 Å². The van der Waals surface area contributed by atoms with Crippen molar-refractivity contribution in [1.82, 2.24) is 0 Å². The van der Waals surface area contributed by atoms with Crippen LogP contribution in [0, 0.1) is 18.8 Å². The summed E-state index contributed by atoms with van der Waals surface area (Å²) >= 11 is 0. The Morgan fingerprint density at radius 3 is 1.97 bits per heavy atom. The molecule has 1 saturated heterocycles. The Morgan fingerprint density at radius 2 is 1.38 bits per heavy atom. The average Bonchev–Trinajstić information content (AvgIpc) is 3.24. The van der Waals surface area contributed by atoms with Crippen molar-refractivity contribution in [2.24, 2.45) is 11.8 Å². The fraction of sp³-hybridized carbons (Fsp3) is 0.206. The summed E-state index contributed by atoms with van der Waals surface area (Å²) in [6, 6.07) is 30.9. The first-order valence-electron chi connectivity index (χ1n) is 13.5. The quantitative estimate of drug-likeness (QED) is 0.354. The van der Waals surface area contributed by atoms with E-state index in [0.29, 0.717) is 11.4 Å². The lowest BCUT2D eigenvalue weighted by Gasteiger charge is -2.52. The van der Waals surface area contributed by atoms with Gasteiger partial charge in [-0.3, -0.25) is 14.4 Å². The monoisotopic (exact) mass is 512 g/mol. The highest BCUT2D eigenvalue weighted by atomic mass is 16.2. The van der Waals surface area contributed by atoms with Crippen LogP contribution in [0.15, 0.2) is 97.1 Å². The van der Waals surface area contributed by atoms with Gasteiger partial charge in [0.05, 0.1) is 17.5 Å². The van der Waals surface area contributed by atoms with Crippen molar-refractivity contribution >= 4 is 29.1 Å². The molecule has 0 spiro atoms. The molecule has 0 aromatic heterocycles. The molecule has 39 heavy (non-hydrogen) atoms. The normalized spacial score (nSPS) is 24.3. The van der Waals surface area contributed by atoms with Crippen molar-refractivity contribution in [3.63, 3.8) is 0 Å². The molecule has 3 aliphatic carbocycles. The van der Waals surface area contributed by atoms with Crippen molar-refractivity contribution < 1.29 is 14.4 Å². The van der Waals surface area contributed by atoms with Crippen LogP contribution in [-0.2, 0) is 26.2 Å². The molecule has 1 N–H and O–H groups in total. The third-order valence-corrected chi connectivity index (χ3v) is 8.89. The van der Waals surface area contributed by atoms with E-state index in [1.165, 1.54) is 10.5 Å². The lowest BCUT2D eigenvalue weighted by Crippen LogP contribution is -2.59. The molecule has 2 bridgehead atoms. The summed E-state index contributed by atoms with van der Waals surface area (Å²) in [6.07, 6.45) is 0.898. The molecule has 2 atom stereocenters. The summed E-state index contributed by atoms with van der Waals surface area (Å²) in [5.41, 5.74) is 5.59. The maximum atomic E-state index is 14.7. The predicted octanol–water partition coefficient (Wildman–Crippen LogP) is 5.75. The van der Waals surface area contributed by atoms with Gasteiger partial charge < -0.3 is 5.32 Å². The van der Waals surface area contributed by atoms with Crippen molar-refractivity contribution in [3.8, 4) is 0 Å². The van der Waals surface area contributed by atoms with Crippen LogP contribution >= 0.6 is 0 Å². The molecular formula is C34H28N2O3. The number of nitrogens with zero attached hydrogens (tertiary/aromatic N) is 1. The minimum atomic E-state index is -1.35. The highest BCUT2D eigenvalue weighted by Crippen LogP contribution is 2.64. The zero-order valence-corrected chi connectivity index (χ0v) is 21.8. The average molecular weight is 513 g/mol. The number of carbonyl (C=O) groups excluding carboxylic acids is 3. The van der Waals surface area contributed by atoms with E-state index in [-0.39, 0.29) is 23.6 Å². The molecule has 0 radical (unpaired) electrons. The predicted molar refractivity (Wildman–Crippen MR) is 151 cm³/mol. The van der Waals surface area contributed by atoms with Gasteiger partial charge in [-0.2, -0.15) is 0 Å². The molecule has 0 unspecified atom stereocenters. The van der Waals surface area contributed by atoms with Gasteiger partial charge >= 0.3 is 0 Å². The van der Waals surface area contributed by atoms with E-state index < -0.39 is 17.3 Å². The van der Waals surface area contributed by atoms with Crippen LogP contribution in [0.25, 0.3) is 0 Å². The van der Waals surface area contributed by atoms with E-state index in [9.17, 15) is 14.4 Å². The van der Waals surface area contributed by atoms with Gasteiger partial charge in [0.25, 0.3) is 0 Å². The SMILES string of the molecule is CCc1ccc(NC(=O)C23c4ccccc4C(c4ccccc42)[C@@H]2C(=O)N(c4ccc(C)cc4)C(=O)[C@@H]23)cc1. The number of anilines is 2. The number of imide groups is 1. The smallest absolute Gasteiger partial charge is 0.240 e. The summed E-state index contributed by atoms with van der Waals surface area (Å²) in [7, 11) is 0. The van der Waals surface area contributed by atoms with Crippen molar-refractivity contribution in [1.29, 1.82) is 0 Å². The topological polar surface area (TPSA) is 66.5 Å². The van der Waals surface area contributed by atoms with Crippen LogP contribution in [0.3, 0.4) is 0 Å². The molecule has 4 aromatic carbocycles. The molecule has 0 saturated carbocycles. The van der Waals surface area contributed by atoms with Gasteiger partial charge in [-0.05, 0) is 65.4 Å². The number of rotatable bonds is 4. The van der Waals surface area contributed by atoms with Gasteiger partial charge in [0.15, 0.2) is 0 Å². The number of carbonyl (C=O) groups is 3. The van der Waals surface area contributed by atoms with Gasteiger partial charge in [-0.1, -0.05) is 85.3 Å². The maximum Gasteiger partial charge on any atom is 0.240 e. The van der Waals surface area contributed by atoms with E-state index >= 15 is 0 Å². The van der Waals surface area contributed by atoms with Crippen LogP contribution in [0.1, 0.15) is 46.2 Å². The van der Waals surface area contributed by atoms with Gasteiger partial charge in [-0.15, -0.1) is 0 Å². The Kier molecular flexibility index (Phi) is 5.14. The molecule has 192 valence electrons. The first kappa shape index (κ1) is 23.6. The largest absolute Gasteiger partial charge is 0.325 e. The van der Waals surface area contributed by atoms with Crippen molar-refractivity contribution in [2.75, 3.05) is 10.2 Å². The minimum absolute atomic E-state index is 0.243. The summed E-state index contributed by atoms with van der Waals surface area (Å²) in [4.78, 5) is 44.7. The lowest BCUT2D eigenvalue weighted by atomic mass is 9.47. The molecular weight excluding hydrogens is 484 g/mol. The summed E-state index contributed by atoms with van der Waals surface area (Å²) in [5.74, 6) is -2.67. The molecule has 1 fully saturated rings. The van der Waals surface area contributed by atoms with E-state index in [4.69, 9.17) is 0 Å². The van der Waals surface area contributed by atoms with Crippen LogP contribution in [0.4, 0.5) is 11.4 Å². The van der Waals surface area contributed by atoms with E-state index in [1.54, 1.807) is 0 Å². The van der Waals surface area contributed by atoms with E-state index in [2.05, 4.69) is 12.2 Å². The summed E-state index contributed by atoms with van der Waals surface area (Å²) in [6.45, 7) is 4.06. The Labute approximate surface area is 227 Å². The highest BCUT2D eigenvalue weighted by Gasteiger charge is 2.71. The fourth-order valence-corrected chi connectivity index (χ4v) is 7.16. The second-order valence-corrected chi connectivity index (χ2v) is 10.8. The van der Waals surface area contributed by atoms with E-state index in [0.717, 1.165) is 34.2 Å². The maximum absolute atomic E-state index is 14.7. The Balaban J connectivity index is 1.46. The minimum Gasteiger partial charge on any atom is -0.325 e. The second kappa shape index (κ2) is 8.50. The number of aryl methyl sites for hydroxylation is 2. The third kappa shape index (κ3) is 3.10. The molecule has 4 aliphatic rings. The van der Waals surface area contributed by atoms with Gasteiger partial charge in [0, 0.05) is 11.6 Å². The van der Waals surface area contributed by atoms with Gasteiger partial charge in [-0.25, -0.2) is 4.90 Å². The molecule has 8 rings (SSSR count). The van der Waals surface area contributed by atoms with Gasteiger partial charge in [0.2, 0.25) is 17.7 Å².